The van der Waals surface area contributed by atoms with Gasteiger partial charge in [-0.3, -0.25) is 4.79 Å². The molecule has 2 aliphatic rings. The van der Waals surface area contributed by atoms with Gasteiger partial charge in [0.05, 0.1) is 32.0 Å². The largest absolute Gasteiger partial charge is 0.394 e. The van der Waals surface area contributed by atoms with Crippen LogP contribution < -0.4 is 5.32 Å². The van der Waals surface area contributed by atoms with Crippen molar-refractivity contribution in [3.05, 3.63) is 36.5 Å². The van der Waals surface area contributed by atoms with Gasteiger partial charge >= 0.3 is 0 Å². The van der Waals surface area contributed by atoms with Gasteiger partial charge in [-0.15, -0.1) is 0 Å². The lowest BCUT2D eigenvalue weighted by Gasteiger charge is -2.46. The second kappa shape index (κ2) is 54.4. The third-order valence-electron chi connectivity index (χ3n) is 17.1. The summed E-state index contributed by atoms with van der Waals surface area (Å²) in [5, 5.41) is 87.4. The van der Waals surface area contributed by atoms with Crippen LogP contribution in [0.4, 0.5) is 0 Å². The Hall–Kier alpha value is -1.79. The number of rotatable bonds is 57. The molecule has 0 bridgehead atoms. The molecule has 0 aliphatic carbocycles. The molecule has 0 saturated carbocycles. The Bertz CT molecular complexity index is 1530. The van der Waals surface area contributed by atoms with Crippen LogP contribution in [0.25, 0.3) is 0 Å². The lowest BCUT2D eigenvalue weighted by molar-refractivity contribution is -0.359. The maximum atomic E-state index is 13.3. The summed E-state index contributed by atoms with van der Waals surface area (Å²) in [6.45, 7) is 2.82. The van der Waals surface area contributed by atoms with Crippen LogP contribution in [0.3, 0.4) is 0 Å². The highest BCUT2D eigenvalue weighted by Gasteiger charge is 2.51. The summed E-state index contributed by atoms with van der Waals surface area (Å²) in [6.07, 6.45) is 52.0. The SMILES string of the molecule is CCCCCCCCCCCCCCCCCC/C=C/CC/C=C/CC/C=C/C(O)C(COC1OC(CO)C(OC2OC(CO)C(O)C(O)C2O)C(O)C1O)NC(=O)CCCCCCCCCCCCCCCCCCCCCCCCC. The average Bonchev–Trinajstić information content (AvgIpc) is 3.59. The molecule has 0 aromatic rings. The minimum absolute atomic E-state index is 0.247. The summed E-state index contributed by atoms with van der Waals surface area (Å²) >= 11 is 0. The van der Waals surface area contributed by atoms with E-state index in [9.17, 15) is 45.6 Å². The minimum Gasteiger partial charge on any atom is -0.394 e. The van der Waals surface area contributed by atoms with Crippen molar-refractivity contribution in [3.8, 4) is 0 Å². The highest BCUT2D eigenvalue weighted by Crippen LogP contribution is 2.30. The number of hydrogen-bond acceptors (Lipinski definition) is 13. The first-order valence-corrected chi connectivity index (χ1v) is 34.7. The number of carbonyl (C=O) groups is 1. The van der Waals surface area contributed by atoms with E-state index in [-0.39, 0.29) is 18.9 Å². The highest BCUT2D eigenvalue weighted by atomic mass is 16.7. The standard InChI is InChI=1S/C69H129NO13/c1-3-5-7-9-11-13-15-17-19-21-23-25-27-28-29-31-32-34-36-38-40-42-44-46-48-50-52-58(73)57(56-80-68-66(79)64(77)67(60(55-72)82-68)83-69-65(78)63(76)62(75)59(54-71)81-69)70-61(74)53-51-49-47-45-43-41-39-37-35-33-30-26-24-22-20-18-16-14-12-10-8-6-4-2/h34,36,42,44,50,52,57-60,62-69,71-73,75-79H,3-33,35,37-41,43,45-49,51,53-56H2,1-2H3,(H,70,74)/b36-34+,44-42+,52-50+. The van der Waals surface area contributed by atoms with Crippen LogP contribution in [0, 0.1) is 0 Å². The molecule has 0 spiro atoms. The average molecular weight is 1180 g/mol. The molecule has 9 N–H and O–H groups in total. The van der Waals surface area contributed by atoms with E-state index in [1.165, 1.54) is 225 Å². The second-order valence-electron chi connectivity index (χ2n) is 24.6. The molecule has 488 valence electrons. The molecule has 2 rings (SSSR count). The van der Waals surface area contributed by atoms with Crippen molar-refractivity contribution in [1.29, 1.82) is 0 Å². The Morgan fingerprint density at radius 1 is 0.422 bits per heavy atom. The van der Waals surface area contributed by atoms with Crippen LogP contribution in [-0.4, -0.2) is 140 Å². The smallest absolute Gasteiger partial charge is 0.220 e. The number of ether oxygens (including phenoxy) is 4. The molecule has 1 amide bonds. The normalized spacial score (nSPS) is 24.0. The van der Waals surface area contributed by atoms with Crippen LogP contribution in [0.1, 0.15) is 303 Å². The number of allylic oxidation sites excluding steroid dienone is 5. The molecule has 12 atom stereocenters. The molecule has 83 heavy (non-hydrogen) atoms. The monoisotopic (exact) mass is 1180 g/mol. The van der Waals surface area contributed by atoms with E-state index >= 15 is 0 Å². The number of unbranched alkanes of at least 4 members (excludes halogenated alkanes) is 40. The van der Waals surface area contributed by atoms with Gasteiger partial charge in [-0.2, -0.15) is 0 Å². The van der Waals surface area contributed by atoms with E-state index in [2.05, 4.69) is 43.5 Å². The zero-order valence-corrected chi connectivity index (χ0v) is 53.0. The maximum absolute atomic E-state index is 13.3. The van der Waals surface area contributed by atoms with Gasteiger partial charge in [0, 0.05) is 6.42 Å². The molecule has 2 heterocycles. The van der Waals surface area contributed by atoms with Crippen molar-refractivity contribution >= 4 is 5.91 Å². The Kier molecular flexibility index (Phi) is 50.6. The van der Waals surface area contributed by atoms with Crippen LogP contribution in [0.15, 0.2) is 36.5 Å². The Balaban J connectivity index is 1.72. The molecule has 12 unspecified atom stereocenters. The lowest BCUT2D eigenvalue weighted by Crippen LogP contribution is -2.65. The molecule has 0 aromatic carbocycles. The summed E-state index contributed by atoms with van der Waals surface area (Å²) in [5.41, 5.74) is 0. The van der Waals surface area contributed by atoms with E-state index in [1.54, 1.807) is 6.08 Å². The topological polar surface area (TPSA) is 228 Å². The van der Waals surface area contributed by atoms with E-state index in [0.717, 1.165) is 44.9 Å². The number of aliphatic hydroxyl groups is 8. The zero-order chi connectivity index (χ0) is 60.2. The molecule has 0 aromatic heterocycles. The van der Waals surface area contributed by atoms with Crippen molar-refractivity contribution in [2.45, 2.75) is 376 Å². The van der Waals surface area contributed by atoms with Crippen LogP contribution in [0.5, 0.6) is 0 Å². The fraction of sp³-hybridized carbons (Fsp3) is 0.899. The van der Waals surface area contributed by atoms with Gasteiger partial charge in [0.15, 0.2) is 12.6 Å². The Morgan fingerprint density at radius 2 is 0.771 bits per heavy atom. The van der Waals surface area contributed by atoms with Crippen molar-refractivity contribution in [2.24, 2.45) is 0 Å². The molecule has 14 nitrogen and oxygen atoms in total. The molecule has 0 radical (unpaired) electrons. The van der Waals surface area contributed by atoms with Crippen LogP contribution >= 0.6 is 0 Å². The van der Waals surface area contributed by atoms with E-state index in [4.69, 9.17) is 18.9 Å². The van der Waals surface area contributed by atoms with E-state index in [1.807, 2.05) is 6.08 Å². The highest BCUT2D eigenvalue weighted by molar-refractivity contribution is 5.76. The molecule has 2 aliphatic heterocycles. The van der Waals surface area contributed by atoms with Gasteiger partial charge in [-0.25, -0.2) is 0 Å². The van der Waals surface area contributed by atoms with Crippen LogP contribution in [-0.2, 0) is 23.7 Å². The summed E-state index contributed by atoms with van der Waals surface area (Å²) in [7, 11) is 0. The number of carbonyl (C=O) groups excluding carboxylic acids is 1. The quantitative estimate of drug-likeness (QED) is 0.0204. The molecule has 2 fully saturated rings. The number of amides is 1. The van der Waals surface area contributed by atoms with Gasteiger partial charge < -0.3 is 65.1 Å². The predicted octanol–water partition coefficient (Wildman–Crippen LogP) is 13.7. The van der Waals surface area contributed by atoms with Gasteiger partial charge in [0.25, 0.3) is 0 Å². The van der Waals surface area contributed by atoms with Crippen molar-refractivity contribution in [2.75, 3.05) is 19.8 Å². The van der Waals surface area contributed by atoms with Crippen LogP contribution in [0.2, 0.25) is 0 Å². The van der Waals surface area contributed by atoms with Gasteiger partial charge in [0.1, 0.15) is 48.8 Å². The van der Waals surface area contributed by atoms with Gasteiger partial charge in [0.2, 0.25) is 5.91 Å². The first-order valence-electron chi connectivity index (χ1n) is 34.7. The van der Waals surface area contributed by atoms with Crippen molar-refractivity contribution in [3.63, 3.8) is 0 Å². The van der Waals surface area contributed by atoms with E-state index in [0.29, 0.717) is 12.8 Å². The number of nitrogens with one attached hydrogen (secondary N) is 1. The molecular weight excluding hydrogens is 1050 g/mol. The van der Waals surface area contributed by atoms with Gasteiger partial charge in [-0.05, 0) is 44.9 Å². The van der Waals surface area contributed by atoms with Crippen molar-refractivity contribution < 1.29 is 64.6 Å². The molecular formula is C69H129NO13. The summed E-state index contributed by atoms with van der Waals surface area (Å²) in [5.74, 6) is -0.247. The first kappa shape index (κ1) is 77.3. The summed E-state index contributed by atoms with van der Waals surface area (Å²) < 4.78 is 22.8. The number of hydrogen-bond donors (Lipinski definition) is 9. The number of aliphatic hydroxyl groups excluding tert-OH is 8. The summed E-state index contributed by atoms with van der Waals surface area (Å²) in [6, 6.07) is -0.937. The lowest BCUT2D eigenvalue weighted by atomic mass is 9.97. The van der Waals surface area contributed by atoms with Crippen molar-refractivity contribution in [1.82, 2.24) is 5.32 Å². The molecule has 2 saturated heterocycles. The fourth-order valence-electron chi connectivity index (χ4n) is 11.5. The molecule has 14 heteroatoms. The Labute approximate surface area is 506 Å². The third-order valence-corrected chi connectivity index (χ3v) is 17.1. The predicted molar refractivity (Wildman–Crippen MR) is 337 cm³/mol. The third kappa shape index (κ3) is 39.0. The van der Waals surface area contributed by atoms with Gasteiger partial charge in [-0.1, -0.05) is 288 Å². The fourth-order valence-corrected chi connectivity index (χ4v) is 11.5. The van der Waals surface area contributed by atoms with E-state index < -0.39 is 86.8 Å². The maximum Gasteiger partial charge on any atom is 0.220 e. The summed E-state index contributed by atoms with van der Waals surface area (Å²) in [4.78, 5) is 13.3. The first-order chi connectivity index (χ1) is 40.6. The zero-order valence-electron chi connectivity index (χ0n) is 53.0. The Morgan fingerprint density at radius 3 is 1.18 bits per heavy atom. The minimum atomic E-state index is -1.79. The second-order valence-corrected chi connectivity index (χ2v) is 24.6.